The third-order valence-corrected chi connectivity index (χ3v) is 5.78. The maximum absolute atomic E-state index is 13.4. The number of aromatic nitrogens is 2. The zero-order valence-electron chi connectivity index (χ0n) is 18.5. The summed E-state index contributed by atoms with van der Waals surface area (Å²) in [6.07, 6.45) is 5.67. The minimum atomic E-state index is -0.194. The number of nitrogens with one attached hydrogen (secondary N) is 1. The Hall–Kier alpha value is -3.50. The number of hydrogen-bond acceptors (Lipinski definition) is 3. The Morgan fingerprint density at radius 1 is 0.909 bits per heavy atom. The summed E-state index contributed by atoms with van der Waals surface area (Å²) in [6, 6.07) is 25.6. The second-order valence-corrected chi connectivity index (χ2v) is 8.59. The Morgan fingerprint density at radius 2 is 1.73 bits per heavy atom. The molecule has 33 heavy (non-hydrogen) atoms. The van der Waals surface area contributed by atoms with Gasteiger partial charge in [-0.15, -0.1) is 0 Å². The van der Waals surface area contributed by atoms with Crippen LogP contribution in [-0.4, -0.2) is 15.9 Å². The van der Waals surface area contributed by atoms with Gasteiger partial charge in [0.05, 0.1) is 0 Å². The predicted molar refractivity (Wildman–Crippen MR) is 134 cm³/mol. The first-order chi connectivity index (χ1) is 16.1. The Bertz CT molecular complexity index is 1210. The maximum atomic E-state index is 13.4. The first-order valence-corrected chi connectivity index (χ1v) is 11.4. The lowest BCUT2D eigenvalue weighted by Crippen LogP contribution is -2.25. The Balaban J connectivity index is 1.54. The summed E-state index contributed by atoms with van der Waals surface area (Å²) in [6.45, 7) is 1.95. The van der Waals surface area contributed by atoms with E-state index in [0.29, 0.717) is 23.6 Å². The number of nitrogens with zero attached hydrogens (tertiary/aromatic N) is 2. The number of aryl methyl sites for hydroxylation is 2. The molecule has 2 aromatic carbocycles. The van der Waals surface area contributed by atoms with Crippen molar-refractivity contribution in [3.05, 3.63) is 113 Å². The monoisotopic (exact) mass is 455 g/mol. The van der Waals surface area contributed by atoms with Crippen LogP contribution in [0, 0.1) is 12.8 Å². The van der Waals surface area contributed by atoms with Crippen molar-refractivity contribution in [1.82, 2.24) is 9.97 Å². The molecule has 0 unspecified atom stereocenters. The van der Waals surface area contributed by atoms with Gasteiger partial charge in [0, 0.05) is 40.4 Å². The van der Waals surface area contributed by atoms with E-state index in [0.717, 1.165) is 34.5 Å². The number of pyridine rings is 2. The summed E-state index contributed by atoms with van der Waals surface area (Å²) >= 11 is 6.40. The van der Waals surface area contributed by atoms with E-state index in [9.17, 15) is 4.79 Å². The Labute approximate surface area is 199 Å². The van der Waals surface area contributed by atoms with Gasteiger partial charge in [0.1, 0.15) is 0 Å². The minimum Gasteiger partial charge on any atom is -0.326 e. The number of rotatable bonds is 8. The highest BCUT2D eigenvalue weighted by Gasteiger charge is 2.20. The predicted octanol–water partition coefficient (Wildman–Crippen LogP) is 6.54. The van der Waals surface area contributed by atoms with Gasteiger partial charge in [-0.25, -0.2) is 0 Å². The molecule has 166 valence electrons. The van der Waals surface area contributed by atoms with Crippen LogP contribution in [0.2, 0.25) is 5.02 Å². The molecule has 0 spiro atoms. The fraction of sp³-hybridized carbons (Fsp3) is 0.179. The van der Waals surface area contributed by atoms with Gasteiger partial charge < -0.3 is 5.32 Å². The van der Waals surface area contributed by atoms with Crippen molar-refractivity contribution >= 4 is 23.2 Å². The van der Waals surface area contributed by atoms with E-state index < -0.39 is 0 Å². The maximum Gasteiger partial charge on any atom is 0.227 e. The SMILES string of the molecule is Cc1cc(-c2cc(Cl)cc(NC(=O)[C@@H](CCc3ccccn3)Cc3ccccc3)c2)ccn1. The van der Waals surface area contributed by atoms with Crippen molar-refractivity contribution in [3.63, 3.8) is 0 Å². The topological polar surface area (TPSA) is 54.9 Å². The van der Waals surface area contributed by atoms with Crippen LogP contribution in [0.4, 0.5) is 5.69 Å². The van der Waals surface area contributed by atoms with Crippen LogP contribution in [0.15, 0.2) is 91.3 Å². The third kappa shape index (κ3) is 6.50. The first-order valence-electron chi connectivity index (χ1n) is 11.0. The van der Waals surface area contributed by atoms with Gasteiger partial charge in [-0.05, 0) is 85.3 Å². The highest BCUT2D eigenvalue weighted by Crippen LogP contribution is 2.28. The minimum absolute atomic E-state index is 0.0195. The van der Waals surface area contributed by atoms with E-state index in [1.54, 1.807) is 18.5 Å². The average molecular weight is 456 g/mol. The molecule has 4 nitrogen and oxygen atoms in total. The van der Waals surface area contributed by atoms with Crippen molar-refractivity contribution < 1.29 is 4.79 Å². The van der Waals surface area contributed by atoms with Gasteiger partial charge in [-0.1, -0.05) is 48.0 Å². The summed E-state index contributed by atoms with van der Waals surface area (Å²) in [4.78, 5) is 22.0. The van der Waals surface area contributed by atoms with Crippen LogP contribution in [0.1, 0.15) is 23.4 Å². The molecule has 2 aromatic heterocycles. The van der Waals surface area contributed by atoms with Crippen molar-refractivity contribution in [3.8, 4) is 11.1 Å². The molecule has 0 aliphatic carbocycles. The molecular formula is C28H26ClN3O. The number of carbonyl (C=O) groups excluding carboxylic acids is 1. The van der Waals surface area contributed by atoms with Crippen LogP contribution in [0.5, 0.6) is 0 Å². The van der Waals surface area contributed by atoms with Gasteiger partial charge in [0.25, 0.3) is 0 Å². The van der Waals surface area contributed by atoms with Crippen LogP contribution in [0.3, 0.4) is 0 Å². The van der Waals surface area contributed by atoms with Crippen molar-refractivity contribution in [1.29, 1.82) is 0 Å². The van der Waals surface area contributed by atoms with E-state index in [-0.39, 0.29) is 11.8 Å². The quantitative estimate of drug-likeness (QED) is 0.328. The molecule has 1 N–H and O–H groups in total. The van der Waals surface area contributed by atoms with Crippen molar-refractivity contribution in [2.45, 2.75) is 26.2 Å². The van der Waals surface area contributed by atoms with Crippen LogP contribution in [-0.2, 0) is 17.6 Å². The van der Waals surface area contributed by atoms with Gasteiger partial charge in [-0.2, -0.15) is 0 Å². The molecule has 0 radical (unpaired) electrons. The summed E-state index contributed by atoms with van der Waals surface area (Å²) in [5, 5.41) is 3.68. The number of anilines is 1. The fourth-order valence-corrected chi connectivity index (χ4v) is 4.13. The molecule has 0 aliphatic rings. The third-order valence-electron chi connectivity index (χ3n) is 5.57. The van der Waals surface area contributed by atoms with Gasteiger partial charge in [0.15, 0.2) is 0 Å². The molecule has 0 bridgehead atoms. The molecule has 5 heteroatoms. The smallest absolute Gasteiger partial charge is 0.227 e. The largest absolute Gasteiger partial charge is 0.326 e. The summed E-state index contributed by atoms with van der Waals surface area (Å²) < 4.78 is 0. The molecule has 0 aliphatic heterocycles. The summed E-state index contributed by atoms with van der Waals surface area (Å²) in [7, 11) is 0. The lowest BCUT2D eigenvalue weighted by molar-refractivity contribution is -0.120. The standard InChI is InChI=1S/C28H26ClN3O/c1-20-15-22(12-14-30-20)24-17-25(29)19-27(18-24)32-28(33)23(16-21-7-3-2-4-8-21)10-11-26-9-5-6-13-31-26/h2-9,12-15,17-19,23H,10-11,16H2,1H3,(H,32,33)/t23-/m0/s1. The summed E-state index contributed by atoms with van der Waals surface area (Å²) in [5.74, 6) is -0.214. The molecule has 4 aromatic rings. The van der Waals surface area contributed by atoms with Crippen molar-refractivity contribution in [2.24, 2.45) is 5.92 Å². The lowest BCUT2D eigenvalue weighted by Gasteiger charge is -2.18. The van der Waals surface area contributed by atoms with Crippen molar-refractivity contribution in [2.75, 3.05) is 5.32 Å². The number of halogens is 1. The zero-order chi connectivity index (χ0) is 23.0. The molecule has 0 saturated heterocycles. The molecular weight excluding hydrogens is 430 g/mol. The van der Waals surface area contributed by atoms with Gasteiger partial charge in [0.2, 0.25) is 5.91 Å². The van der Waals surface area contributed by atoms with E-state index in [4.69, 9.17) is 11.6 Å². The number of carbonyl (C=O) groups is 1. The molecule has 4 rings (SSSR count). The second kappa shape index (κ2) is 10.9. The van der Waals surface area contributed by atoms with E-state index in [2.05, 4.69) is 27.4 Å². The Morgan fingerprint density at radius 3 is 2.48 bits per heavy atom. The van der Waals surface area contributed by atoms with Gasteiger partial charge in [-0.3, -0.25) is 14.8 Å². The average Bonchev–Trinajstić information content (AvgIpc) is 2.82. The van der Waals surface area contributed by atoms with E-state index >= 15 is 0 Å². The molecule has 0 saturated carbocycles. The lowest BCUT2D eigenvalue weighted by atomic mass is 9.93. The number of amides is 1. The van der Waals surface area contributed by atoms with Crippen LogP contribution >= 0.6 is 11.6 Å². The number of hydrogen-bond donors (Lipinski definition) is 1. The van der Waals surface area contributed by atoms with E-state index in [1.165, 1.54) is 0 Å². The second-order valence-electron chi connectivity index (χ2n) is 8.15. The summed E-state index contributed by atoms with van der Waals surface area (Å²) in [5.41, 5.74) is 5.69. The van der Waals surface area contributed by atoms with Crippen LogP contribution in [0.25, 0.3) is 11.1 Å². The van der Waals surface area contributed by atoms with Crippen LogP contribution < -0.4 is 5.32 Å². The van der Waals surface area contributed by atoms with Gasteiger partial charge >= 0.3 is 0 Å². The normalized spacial score (nSPS) is 11.7. The van der Waals surface area contributed by atoms with E-state index in [1.807, 2.05) is 67.6 Å². The number of benzene rings is 2. The highest BCUT2D eigenvalue weighted by molar-refractivity contribution is 6.31. The molecule has 0 fully saturated rings. The fourth-order valence-electron chi connectivity index (χ4n) is 3.89. The molecule has 1 amide bonds. The zero-order valence-corrected chi connectivity index (χ0v) is 19.3. The molecule has 2 heterocycles. The Kier molecular flexibility index (Phi) is 7.48. The highest BCUT2D eigenvalue weighted by atomic mass is 35.5. The molecule has 1 atom stereocenters. The first kappa shape index (κ1) is 22.7.